The van der Waals surface area contributed by atoms with Crippen molar-refractivity contribution in [3.05, 3.63) is 59.9 Å². The van der Waals surface area contributed by atoms with Crippen LogP contribution in [0.2, 0.25) is 0 Å². The zero-order valence-electron chi connectivity index (χ0n) is 15.9. The van der Waals surface area contributed by atoms with Crippen molar-refractivity contribution in [1.82, 2.24) is 9.78 Å². The van der Waals surface area contributed by atoms with E-state index in [1.54, 1.807) is 36.4 Å². The highest BCUT2D eigenvalue weighted by Gasteiger charge is 2.36. The fourth-order valence-electron chi connectivity index (χ4n) is 3.39. The van der Waals surface area contributed by atoms with Gasteiger partial charge in [0.05, 0.1) is 24.9 Å². The van der Waals surface area contributed by atoms with E-state index in [0.29, 0.717) is 22.9 Å². The third-order valence-electron chi connectivity index (χ3n) is 4.86. The number of anilines is 2. The van der Waals surface area contributed by atoms with Gasteiger partial charge in [0, 0.05) is 11.1 Å². The number of nitrogens with one attached hydrogen (secondary N) is 2. The Morgan fingerprint density at radius 2 is 1.97 bits per heavy atom. The molecule has 0 bridgehead atoms. The first-order valence-corrected chi connectivity index (χ1v) is 9.06. The number of amides is 2. The van der Waals surface area contributed by atoms with Gasteiger partial charge in [-0.25, -0.2) is 9.07 Å². The summed E-state index contributed by atoms with van der Waals surface area (Å²) in [6.45, 7) is 1.83. The van der Waals surface area contributed by atoms with Gasteiger partial charge >= 0.3 is 0 Å². The molecule has 8 heteroatoms. The molecule has 0 spiro atoms. The van der Waals surface area contributed by atoms with Gasteiger partial charge in [0.15, 0.2) is 0 Å². The van der Waals surface area contributed by atoms with E-state index in [9.17, 15) is 14.0 Å². The average Bonchev–Trinajstić information content (AvgIpc) is 3.19. The molecule has 1 atom stereocenters. The highest BCUT2D eigenvalue weighted by atomic mass is 19.1. The molecule has 29 heavy (non-hydrogen) atoms. The summed E-state index contributed by atoms with van der Waals surface area (Å²) in [6, 6.07) is 12.2. The lowest BCUT2D eigenvalue weighted by atomic mass is 10.1. The monoisotopic (exact) mass is 394 g/mol. The first-order chi connectivity index (χ1) is 14.0. The van der Waals surface area contributed by atoms with Crippen LogP contribution in [0.1, 0.15) is 18.0 Å². The van der Waals surface area contributed by atoms with Crippen molar-refractivity contribution in [2.45, 2.75) is 19.4 Å². The number of para-hydroxylation sites is 2. The van der Waals surface area contributed by atoms with Crippen LogP contribution < -0.4 is 15.4 Å². The van der Waals surface area contributed by atoms with Crippen LogP contribution in [0.4, 0.5) is 15.9 Å². The Balaban J connectivity index is 1.57. The van der Waals surface area contributed by atoms with E-state index in [1.165, 1.54) is 23.9 Å². The molecule has 0 fully saturated rings. The summed E-state index contributed by atoms with van der Waals surface area (Å²) in [5.74, 6) is 0.114. The molecule has 2 heterocycles. The predicted octanol–water partition coefficient (Wildman–Crippen LogP) is 3.53. The molecule has 7 nitrogen and oxygen atoms in total. The van der Waals surface area contributed by atoms with E-state index in [4.69, 9.17) is 4.74 Å². The molecule has 2 aromatic carbocycles. The summed E-state index contributed by atoms with van der Waals surface area (Å²) in [5.41, 5.74) is 2.66. The lowest BCUT2D eigenvalue weighted by Gasteiger charge is -2.12. The second-order valence-electron chi connectivity index (χ2n) is 6.73. The van der Waals surface area contributed by atoms with Gasteiger partial charge in [-0.15, -0.1) is 0 Å². The largest absolute Gasteiger partial charge is 0.495 e. The summed E-state index contributed by atoms with van der Waals surface area (Å²) in [6.07, 6.45) is -0.0825. The molecule has 0 saturated heterocycles. The normalized spacial score (nSPS) is 15.0. The molecular formula is C21H19FN4O3. The fraction of sp³-hybridized carbons (Fsp3) is 0.190. The van der Waals surface area contributed by atoms with Crippen LogP contribution in [0.25, 0.3) is 11.3 Å². The van der Waals surface area contributed by atoms with Gasteiger partial charge in [-0.2, -0.15) is 5.10 Å². The van der Waals surface area contributed by atoms with Crippen molar-refractivity contribution in [3.63, 3.8) is 0 Å². The molecule has 0 aliphatic carbocycles. The van der Waals surface area contributed by atoms with Crippen LogP contribution in [-0.4, -0.2) is 28.7 Å². The van der Waals surface area contributed by atoms with Gasteiger partial charge < -0.3 is 15.4 Å². The second kappa shape index (κ2) is 7.38. The molecule has 0 unspecified atom stereocenters. The first-order valence-electron chi connectivity index (χ1n) is 9.06. The van der Waals surface area contributed by atoms with E-state index in [1.807, 2.05) is 6.92 Å². The number of carbonyl (C=O) groups excluding carboxylic acids is 2. The van der Waals surface area contributed by atoms with Crippen LogP contribution in [0.5, 0.6) is 5.75 Å². The third kappa shape index (κ3) is 3.44. The smallest absolute Gasteiger partial charge is 0.251 e. The maximum atomic E-state index is 13.2. The van der Waals surface area contributed by atoms with Crippen molar-refractivity contribution in [1.29, 1.82) is 0 Å². The number of benzene rings is 2. The fourth-order valence-corrected chi connectivity index (χ4v) is 3.39. The Morgan fingerprint density at radius 1 is 1.24 bits per heavy atom. The van der Waals surface area contributed by atoms with Crippen molar-refractivity contribution >= 4 is 23.3 Å². The summed E-state index contributed by atoms with van der Waals surface area (Å²) in [7, 11) is 1.52. The molecule has 4 rings (SSSR count). The maximum absolute atomic E-state index is 13.2. The Bertz CT molecular complexity index is 1090. The lowest BCUT2D eigenvalue weighted by molar-refractivity contribution is -0.123. The standard InChI is InChI=1S/C21H19FN4O3/c1-12-19(13-7-9-14(22)10-8-13)25-26-16(21(28)24-20(12)26)11-18(27)23-15-5-3-4-6-17(15)29-2/h3-10,16H,11H2,1-2H3,(H,23,27)(H,24,28)/t16-/m1/s1. The second-order valence-corrected chi connectivity index (χ2v) is 6.73. The highest BCUT2D eigenvalue weighted by molar-refractivity contribution is 6.03. The molecule has 3 aromatic rings. The summed E-state index contributed by atoms with van der Waals surface area (Å²) < 4.78 is 20.0. The highest BCUT2D eigenvalue weighted by Crippen LogP contribution is 2.36. The van der Waals surface area contributed by atoms with E-state index in [-0.39, 0.29) is 24.1 Å². The zero-order chi connectivity index (χ0) is 20.5. The van der Waals surface area contributed by atoms with Crippen molar-refractivity contribution < 1.29 is 18.7 Å². The molecule has 2 amide bonds. The summed E-state index contributed by atoms with van der Waals surface area (Å²) in [5, 5.41) is 10.1. The van der Waals surface area contributed by atoms with Crippen LogP contribution in [0, 0.1) is 12.7 Å². The minimum Gasteiger partial charge on any atom is -0.495 e. The first kappa shape index (κ1) is 18.7. The van der Waals surface area contributed by atoms with E-state index < -0.39 is 6.04 Å². The van der Waals surface area contributed by atoms with Gasteiger partial charge in [-0.1, -0.05) is 12.1 Å². The van der Waals surface area contributed by atoms with Crippen LogP contribution in [-0.2, 0) is 9.59 Å². The lowest BCUT2D eigenvalue weighted by Crippen LogP contribution is -2.24. The Hall–Kier alpha value is -3.68. The Labute approximate surface area is 166 Å². The quantitative estimate of drug-likeness (QED) is 0.693. The topological polar surface area (TPSA) is 85.2 Å². The molecule has 2 N–H and O–H groups in total. The van der Waals surface area contributed by atoms with Gasteiger partial charge in [0.1, 0.15) is 23.4 Å². The van der Waals surface area contributed by atoms with E-state index in [0.717, 1.165) is 11.1 Å². The number of carbonyl (C=O) groups is 2. The van der Waals surface area contributed by atoms with Gasteiger partial charge in [-0.05, 0) is 43.3 Å². The SMILES string of the molecule is COc1ccccc1NC(=O)C[C@@H]1C(=O)Nc2c(C)c(-c3ccc(F)cc3)nn21. The number of ether oxygens (including phenoxy) is 1. The van der Waals surface area contributed by atoms with Gasteiger partial charge in [0.2, 0.25) is 5.91 Å². The van der Waals surface area contributed by atoms with E-state index >= 15 is 0 Å². The Kier molecular flexibility index (Phi) is 4.75. The average molecular weight is 394 g/mol. The summed E-state index contributed by atoms with van der Waals surface area (Å²) in [4.78, 5) is 25.0. The minimum atomic E-state index is -0.771. The summed E-state index contributed by atoms with van der Waals surface area (Å²) >= 11 is 0. The number of rotatable bonds is 5. The molecule has 1 aliphatic rings. The molecular weight excluding hydrogens is 375 g/mol. The van der Waals surface area contributed by atoms with Crippen LogP contribution in [0.15, 0.2) is 48.5 Å². The number of nitrogens with zero attached hydrogens (tertiary/aromatic N) is 2. The van der Waals surface area contributed by atoms with Gasteiger partial charge in [0.25, 0.3) is 5.91 Å². The number of halogens is 1. The number of hydrogen-bond acceptors (Lipinski definition) is 4. The molecule has 1 aromatic heterocycles. The van der Waals surface area contributed by atoms with Gasteiger partial charge in [-0.3, -0.25) is 9.59 Å². The molecule has 1 aliphatic heterocycles. The van der Waals surface area contributed by atoms with Crippen molar-refractivity contribution in [2.24, 2.45) is 0 Å². The third-order valence-corrected chi connectivity index (χ3v) is 4.86. The zero-order valence-corrected chi connectivity index (χ0v) is 15.9. The van der Waals surface area contributed by atoms with Crippen molar-refractivity contribution in [3.8, 4) is 17.0 Å². The predicted molar refractivity (Wildman–Crippen MR) is 106 cm³/mol. The maximum Gasteiger partial charge on any atom is 0.251 e. The number of fused-ring (bicyclic) bond motifs is 1. The molecule has 0 radical (unpaired) electrons. The van der Waals surface area contributed by atoms with E-state index in [2.05, 4.69) is 15.7 Å². The van der Waals surface area contributed by atoms with Crippen molar-refractivity contribution in [2.75, 3.05) is 17.7 Å². The number of methoxy groups -OCH3 is 1. The van der Waals surface area contributed by atoms with Crippen LogP contribution in [0.3, 0.4) is 0 Å². The minimum absolute atomic E-state index is 0.0825. The molecule has 148 valence electrons. The molecule has 0 saturated carbocycles. The van der Waals surface area contributed by atoms with Crippen LogP contribution >= 0.6 is 0 Å². The number of hydrogen-bond donors (Lipinski definition) is 2. The number of aromatic nitrogens is 2. The Morgan fingerprint density at radius 3 is 2.69 bits per heavy atom.